The van der Waals surface area contributed by atoms with Gasteiger partial charge >= 0.3 is 6.01 Å². The minimum absolute atomic E-state index is 0.0953. The third-order valence-corrected chi connectivity index (χ3v) is 7.55. The van der Waals surface area contributed by atoms with Crippen LogP contribution in [-0.2, 0) is 6.42 Å². The quantitative estimate of drug-likeness (QED) is 0.440. The number of hydrogen-bond donors (Lipinski definition) is 3. The number of fused-ring (bicyclic) bond motifs is 4. The lowest BCUT2D eigenvalue weighted by atomic mass is 9.68. The number of hydrogen-bond acceptors (Lipinski definition) is 8. The van der Waals surface area contributed by atoms with Gasteiger partial charge < -0.3 is 25.7 Å². The van der Waals surface area contributed by atoms with Crippen LogP contribution in [0.3, 0.4) is 0 Å². The van der Waals surface area contributed by atoms with Crippen LogP contribution < -0.4 is 20.7 Å². The third kappa shape index (κ3) is 2.55. The maximum atomic E-state index is 15.4. The van der Waals surface area contributed by atoms with Crippen LogP contribution in [0.15, 0.2) is 18.5 Å². The molecule has 3 aromatic heterocycles. The van der Waals surface area contributed by atoms with Gasteiger partial charge in [-0.05, 0) is 37.7 Å². The number of halogens is 1. The Kier molecular flexibility index (Phi) is 3.74. The number of aromatic nitrogens is 5. The minimum atomic E-state index is -0.214. The number of nitrogens with one attached hydrogen (secondary N) is 2. The Hall–Kier alpha value is -3.53. The molecule has 1 aliphatic carbocycles. The van der Waals surface area contributed by atoms with E-state index < -0.39 is 0 Å². The first-order valence-corrected chi connectivity index (χ1v) is 11.2. The van der Waals surface area contributed by atoms with E-state index in [-0.39, 0.29) is 23.9 Å². The Labute approximate surface area is 188 Å². The number of rotatable bonds is 3. The van der Waals surface area contributed by atoms with Crippen LogP contribution in [0.4, 0.5) is 15.9 Å². The second-order valence-corrected chi connectivity index (χ2v) is 9.29. The highest BCUT2D eigenvalue weighted by Crippen LogP contribution is 2.51. The second kappa shape index (κ2) is 6.50. The molecule has 4 aromatic rings. The van der Waals surface area contributed by atoms with Crippen LogP contribution in [0.5, 0.6) is 11.8 Å². The summed E-state index contributed by atoms with van der Waals surface area (Å²) in [7, 11) is 1.79. The fourth-order valence-electron chi connectivity index (χ4n) is 6.06. The molecule has 9 nitrogen and oxygen atoms in total. The van der Waals surface area contributed by atoms with Gasteiger partial charge in [0, 0.05) is 36.6 Å². The van der Waals surface area contributed by atoms with Gasteiger partial charge in [0.1, 0.15) is 23.1 Å². The standard InChI is InChI=1S/C23H23FN8O/c1-9-27-6-11(7-28-9)33-23-30-21-19-18-12(13(24)5-15(26-2)20(18)29-21)4-16-17-10(3-14(17)25)8-32(16)22(19)31-23/h5-7,10,14,16-17,26H,3-4,8,25H2,1-2H3,(H,29,30,31)/t10-,14-,16+,17+/m1/s1. The second-order valence-electron chi connectivity index (χ2n) is 9.29. The largest absolute Gasteiger partial charge is 0.421 e. The summed E-state index contributed by atoms with van der Waals surface area (Å²) in [6.07, 6.45) is 4.78. The first-order valence-electron chi connectivity index (χ1n) is 11.2. The van der Waals surface area contributed by atoms with Crippen molar-refractivity contribution in [1.29, 1.82) is 0 Å². The molecule has 10 heteroatoms. The molecule has 2 aliphatic heterocycles. The average molecular weight is 446 g/mol. The fourth-order valence-corrected chi connectivity index (χ4v) is 6.06. The molecule has 0 unspecified atom stereocenters. The minimum Gasteiger partial charge on any atom is -0.421 e. The monoisotopic (exact) mass is 446 g/mol. The zero-order chi connectivity index (χ0) is 22.4. The number of nitrogens with zero attached hydrogens (tertiary/aromatic N) is 5. The molecule has 0 spiro atoms. The maximum Gasteiger partial charge on any atom is 0.326 e. The van der Waals surface area contributed by atoms with E-state index in [9.17, 15) is 0 Å². The normalized spacial score (nSPS) is 25.2. The zero-order valence-electron chi connectivity index (χ0n) is 18.3. The van der Waals surface area contributed by atoms with E-state index in [1.807, 2.05) is 6.92 Å². The van der Waals surface area contributed by atoms with E-state index in [4.69, 9.17) is 15.5 Å². The van der Waals surface area contributed by atoms with E-state index >= 15 is 4.39 Å². The Morgan fingerprint density at radius 3 is 2.82 bits per heavy atom. The van der Waals surface area contributed by atoms with Crippen molar-refractivity contribution in [2.45, 2.75) is 31.8 Å². The molecule has 4 N–H and O–H groups in total. The topological polar surface area (TPSA) is 118 Å². The van der Waals surface area contributed by atoms with Crippen molar-refractivity contribution in [3.05, 3.63) is 35.7 Å². The molecule has 168 valence electrons. The highest BCUT2D eigenvalue weighted by atomic mass is 19.1. The predicted octanol–water partition coefficient (Wildman–Crippen LogP) is 2.89. The molecule has 1 saturated carbocycles. The molecule has 2 fully saturated rings. The molecule has 4 atom stereocenters. The van der Waals surface area contributed by atoms with Crippen LogP contribution in [0, 0.1) is 24.6 Å². The maximum absolute atomic E-state index is 15.4. The highest BCUT2D eigenvalue weighted by molar-refractivity contribution is 6.16. The van der Waals surface area contributed by atoms with Gasteiger partial charge in [-0.1, -0.05) is 0 Å². The van der Waals surface area contributed by atoms with E-state index in [1.54, 1.807) is 25.5 Å². The lowest BCUT2D eigenvalue weighted by Gasteiger charge is -2.40. The number of aryl methyl sites for hydroxylation is 1. The number of aromatic amines is 1. The zero-order valence-corrected chi connectivity index (χ0v) is 18.3. The van der Waals surface area contributed by atoms with Gasteiger partial charge in [0.05, 0.1) is 29.0 Å². The summed E-state index contributed by atoms with van der Waals surface area (Å²) in [5.41, 5.74) is 9.24. The Morgan fingerprint density at radius 1 is 1.24 bits per heavy atom. The van der Waals surface area contributed by atoms with Gasteiger partial charge in [-0.25, -0.2) is 14.4 Å². The first-order chi connectivity index (χ1) is 16.0. The molecule has 1 aromatic carbocycles. The summed E-state index contributed by atoms with van der Waals surface area (Å²) < 4.78 is 21.3. The van der Waals surface area contributed by atoms with Crippen LogP contribution in [-0.4, -0.2) is 50.6 Å². The Balaban J connectivity index is 1.48. The van der Waals surface area contributed by atoms with E-state index in [0.29, 0.717) is 46.7 Å². The van der Waals surface area contributed by atoms with Crippen LogP contribution in [0.25, 0.3) is 21.9 Å². The van der Waals surface area contributed by atoms with Crippen molar-refractivity contribution in [2.75, 3.05) is 23.8 Å². The molecule has 5 heterocycles. The number of H-pyrrole nitrogens is 1. The molecular formula is C23H23FN8O. The lowest BCUT2D eigenvalue weighted by molar-refractivity contribution is 0.164. The van der Waals surface area contributed by atoms with Crippen molar-refractivity contribution in [1.82, 2.24) is 24.9 Å². The molecule has 33 heavy (non-hydrogen) atoms. The summed E-state index contributed by atoms with van der Waals surface area (Å²) in [5.74, 6) is 2.50. The van der Waals surface area contributed by atoms with Gasteiger partial charge in [0.15, 0.2) is 5.75 Å². The Morgan fingerprint density at radius 2 is 2.06 bits per heavy atom. The number of nitrogens with two attached hydrogens (primary N) is 1. The van der Waals surface area contributed by atoms with Crippen LogP contribution in [0.2, 0.25) is 0 Å². The summed E-state index contributed by atoms with van der Waals surface area (Å²) in [6.45, 7) is 2.66. The van der Waals surface area contributed by atoms with E-state index in [1.165, 1.54) is 0 Å². The van der Waals surface area contributed by atoms with Crippen molar-refractivity contribution in [3.8, 4) is 11.8 Å². The van der Waals surface area contributed by atoms with Gasteiger partial charge in [0.25, 0.3) is 0 Å². The van der Waals surface area contributed by atoms with Crippen molar-refractivity contribution >= 4 is 33.4 Å². The number of anilines is 2. The van der Waals surface area contributed by atoms with Gasteiger partial charge in [-0.15, -0.1) is 0 Å². The lowest BCUT2D eigenvalue weighted by Crippen LogP contribution is -2.50. The average Bonchev–Trinajstić information content (AvgIpc) is 3.27. The van der Waals surface area contributed by atoms with Crippen LogP contribution in [0.1, 0.15) is 17.8 Å². The smallest absolute Gasteiger partial charge is 0.326 e. The van der Waals surface area contributed by atoms with Crippen molar-refractivity contribution in [2.24, 2.45) is 17.6 Å². The molecule has 0 bridgehead atoms. The summed E-state index contributed by atoms with van der Waals surface area (Å²) >= 11 is 0. The van der Waals surface area contributed by atoms with Gasteiger partial charge in [-0.3, -0.25) is 0 Å². The molecule has 0 amide bonds. The molecule has 3 aliphatic rings. The molecular weight excluding hydrogens is 423 g/mol. The summed E-state index contributed by atoms with van der Waals surface area (Å²) in [6, 6.07) is 1.99. The number of ether oxygens (including phenoxy) is 1. The van der Waals surface area contributed by atoms with E-state index in [2.05, 4.69) is 30.2 Å². The first kappa shape index (κ1) is 19.0. The summed E-state index contributed by atoms with van der Waals surface area (Å²) in [4.78, 5) is 23.6. The third-order valence-electron chi connectivity index (χ3n) is 7.55. The summed E-state index contributed by atoms with van der Waals surface area (Å²) in [5, 5.41) is 4.78. The van der Waals surface area contributed by atoms with Gasteiger partial charge in [0.2, 0.25) is 0 Å². The van der Waals surface area contributed by atoms with Crippen molar-refractivity contribution in [3.63, 3.8) is 0 Å². The molecule has 0 radical (unpaired) electrons. The Bertz CT molecular complexity index is 1430. The van der Waals surface area contributed by atoms with Crippen LogP contribution >= 0.6 is 0 Å². The SMILES string of the molecule is CNc1cc(F)c2c3c1[nH]c1nc(Oc4cnc(C)nc4)nc(c13)N1C[C@H]3C[C@@H](N)[C@H]3[C@@H]1C2. The van der Waals surface area contributed by atoms with E-state index in [0.717, 1.165) is 35.1 Å². The predicted molar refractivity (Wildman–Crippen MR) is 122 cm³/mol. The molecule has 1 saturated heterocycles. The molecule has 7 rings (SSSR count). The number of benzene rings is 1. The highest BCUT2D eigenvalue weighted by Gasteiger charge is 2.53. The fraction of sp³-hybridized carbons (Fsp3) is 0.391. The van der Waals surface area contributed by atoms with Crippen molar-refractivity contribution < 1.29 is 9.13 Å². The van der Waals surface area contributed by atoms with Gasteiger partial charge in [-0.2, -0.15) is 9.97 Å².